The number of nitrogen functional groups attached to an aromatic ring is 1. The van der Waals surface area contributed by atoms with Crippen LogP contribution >= 0.6 is 0 Å². The Balaban J connectivity index is 1.62. The number of pyridine rings is 1. The number of allylic oxidation sites excluding steroid dienone is 1. The molecule has 0 radical (unpaired) electrons. The second kappa shape index (κ2) is 5.67. The predicted octanol–water partition coefficient (Wildman–Crippen LogP) is 2.04. The van der Waals surface area contributed by atoms with Gasteiger partial charge in [0, 0.05) is 6.07 Å². The zero-order chi connectivity index (χ0) is 19.6. The lowest BCUT2D eigenvalue weighted by Gasteiger charge is -2.25. The Bertz CT molecular complexity index is 1100. The number of carbonyl (C=O) groups is 1. The summed E-state index contributed by atoms with van der Waals surface area (Å²) in [7, 11) is 0. The van der Waals surface area contributed by atoms with Crippen molar-refractivity contribution >= 4 is 23.2 Å². The van der Waals surface area contributed by atoms with E-state index in [1.807, 2.05) is 6.92 Å². The third kappa shape index (κ3) is 2.44. The molecule has 28 heavy (non-hydrogen) atoms. The standard InChI is InChI=1S/C20H22N6O2/c1-10-5-13(10)12-3-4-20(8-12)25-18(27)17-11(2)6-14(19(28)26(17)20)24-16-7-15(21)22-9-23-16/h6-10,13H,3-5H2,1-2H3,(H,25,27)(H3,21,22,23,24). The van der Waals surface area contributed by atoms with E-state index in [-0.39, 0.29) is 11.5 Å². The second-order valence-electron chi connectivity index (χ2n) is 8.10. The quantitative estimate of drug-likeness (QED) is 0.704. The lowest BCUT2D eigenvalue weighted by Crippen LogP contribution is -2.44. The van der Waals surface area contributed by atoms with Gasteiger partial charge in [-0.2, -0.15) is 0 Å². The maximum atomic E-state index is 13.4. The molecule has 0 aromatic carbocycles. The first-order valence-electron chi connectivity index (χ1n) is 9.54. The largest absolute Gasteiger partial charge is 0.384 e. The van der Waals surface area contributed by atoms with Crippen molar-refractivity contribution in [1.29, 1.82) is 0 Å². The van der Waals surface area contributed by atoms with E-state index in [0.29, 0.717) is 41.3 Å². The van der Waals surface area contributed by atoms with Crippen molar-refractivity contribution in [2.45, 2.75) is 38.8 Å². The van der Waals surface area contributed by atoms with Crippen LogP contribution in [0.1, 0.15) is 42.2 Å². The molecule has 1 amide bonds. The molecule has 144 valence electrons. The lowest BCUT2D eigenvalue weighted by molar-refractivity contribution is 0.0937. The summed E-state index contributed by atoms with van der Waals surface area (Å²) < 4.78 is 1.62. The molecule has 1 aliphatic heterocycles. The number of aromatic nitrogens is 3. The third-order valence-electron chi connectivity index (χ3n) is 6.09. The molecule has 8 heteroatoms. The highest BCUT2D eigenvalue weighted by atomic mass is 16.2. The first-order valence-corrected chi connectivity index (χ1v) is 9.54. The number of hydrogen-bond acceptors (Lipinski definition) is 6. The highest BCUT2D eigenvalue weighted by Gasteiger charge is 2.49. The van der Waals surface area contributed by atoms with Gasteiger partial charge in [-0.15, -0.1) is 0 Å². The number of carbonyl (C=O) groups excluding carboxylic acids is 1. The molecule has 8 nitrogen and oxygen atoms in total. The topological polar surface area (TPSA) is 115 Å². The van der Waals surface area contributed by atoms with Gasteiger partial charge >= 0.3 is 0 Å². The van der Waals surface area contributed by atoms with Crippen LogP contribution in [0, 0.1) is 18.8 Å². The fourth-order valence-electron chi connectivity index (χ4n) is 4.58. The Morgan fingerprint density at radius 3 is 2.82 bits per heavy atom. The molecule has 4 N–H and O–H groups in total. The number of aryl methyl sites for hydroxylation is 1. The lowest BCUT2D eigenvalue weighted by atomic mass is 10.1. The number of anilines is 3. The number of hydrogen-bond donors (Lipinski definition) is 3. The van der Waals surface area contributed by atoms with Crippen molar-refractivity contribution in [3.63, 3.8) is 0 Å². The van der Waals surface area contributed by atoms with E-state index in [1.54, 1.807) is 16.7 Å². The molecule has 5 rings (SSSR count). The van der Waals surface area contributed by atoms with Gasteiger partial charge in [-0.1, -0.05) is 12.5 Å². The van der Waals surface area contributed by atoms with Gasteiger partial charge in [0.15, 0.2) is 0 Å². The van der Waals surface area contributed by atoms with Crippen LogP contribution in [0.15, 0.2) is 34.9 Å². The normalized spacial score (nSPS) is 27.5. The summed E-state index contributed by atoms with van der Waals surface area (Å²) in [5.41, 5.74) is 7.56. The number of fused-ring (bicyclic) bond motifs is 2. The zero-order valence-electron chi connectivity index (χ0n) is 15.8. The van der Waals surface area contributed by atoms with Crippen molar-refractivity contribution in [2.75, 3.05) is 11.1 Å². The SMILES string of the molecule is Cc1cc(Nc2cc(N)ncn2)c(=O)n2c1C(=O)NC21C=C(C2CC2C)CC1. The first-order chi connectivity index (χ1) is 13.4. The summed E-state index contributed by atoms with van der Waals surface area (Å²) >= 11 is 0. The van der Waals surface area contributed by atoms with Crippen LogP contribution in [0.3, 0.4) is 0 Å². The molecule has 2 aromatic rings. The molecule has 2 aliphatic carbocycles. The molecule has 0 saturated heterocycles. The molecule has 2 aromatic heterocycles. The molecule has 0 bridgehead atoms. The van der Waals surface area contributed by atoms with Crippen LogP contribution in [0.5, 0.6) is 0 Å². The average molecular weight is 378 g/mol. The van der Waals surface area contributed by atoms with E-state index in [1.165, 1.54) is 18.3 Å². The van der Waals surface area contributed by atoms with Crippen LogP contribution in [-0.4, -0.2) is 20.4 Å². The fourth-order valence-corrected chi connectivity index (χ4v) is 4.58. The predicted molar refractivity (Wildman–Crippen MR) is 105 cm³/mol. The Labute approximate surface area is 161 Å². The van der Waals surface area contributed by atoms with Gasteiger partial charge < -0.3 is 16.4 Å². The maximum absolute atomic E-state index is 13.4. The van der Waals surface area contributed by atoms with Gasteiger partial charge in [0.05, 0.1) is 0 Å². The Hall–Kier alpha value is -3.16. The second-order valence-corrected chi connectivity index (χ2v) is 8.10. The van der Waals surface area contributed by atoms with E-state index >= 15 is 0 Å². The molecular weight excluding hydrogens is 356 g/mol. The molecule has 3 heterocycles. The van der Waals surface area contributed by atoms with E-state index in [2.05, 4.69) is 33.6 Å². The van der Waals surface area contributed by atoms with Crippen LogP contribution in [0.25, 0.3) is 0 Å². The summed E-state index contributed by atoms with van der Waals surface area (Å²) in [5, 5.41) is 6.11. The smallest absolute Gasteiger partial charge is 0.277 e. The number of amides is 1. The van der Waals surface area contributed by atoms with Gasteiger partial charge in [-0.25, -0.2) is 9.97 Å². The number of nitrogens with two attached hydrogens (primary N) is 1. The minimum Gasteiger partial charge on any atom is -0.384 e. The van der Waals surface area contributed by atoms with Gasteiger partial charge in [-0.05, 0) is 55.7 Å². The van der Waals surface area contributed by atoms with E-state index < -0.39 is 5.66 Å². The van der Waals surface area contributed by atoms with Gasteiger partial charge in [0.25, 0.3) is 11.5 Å². The van der Waals surface area contributed by atoms with E-state index in [4.69, 9.17) is 5.73 Å². The minimum atomic E-state index is -0.770. The highest BCUT2D eigenvalue weighted by Crippen LogP contribution is 2.50. The fraction of sp³-hybridized carbons (Fsp3) is 0.400. The van der Waals surface area contributed by atoms with Crippen LogP contribution < -0.4 is 21.9 Å². The van der Waals surface area contributed by atoms with Crippen LogP contribution in [0.2, 0.25) is 0 Å². The molecule has 1 saturated carbocycles. The van der Waals surface area contributed by atoms with Gasteiger partial charge in [0.2, 0.25) is 0 Å². The van der Waals surface area contributed by atoms with Gasteiger partial charge in [-0.3, -0.25) is 14.2 Å². The molecular formula is C20H22N6O2. The van der Waals surface area contributed by atoms with Crippen molar-refractivity contribution in [3.05, 3.63) is 51.7 Å². The molecule has 1 spiro atoms. The minimum absolute atomic E-state index is 0.200. The number of nitrogens with one attached hydrogen (secondary N) is 2. The third-order valence-corrected chi connectivity index (χ3v) is 6.09. The zero-order valence-corrected chi connectivity index (χ0v) is 15.8. The van der Waals surface area contributed by atoms with Crippen LogP contribution in [0.4, 0.5) is 17.3 Å². The monoisotopic (exact) mass is 378 g/mol. The summed E-state index contributed by atoms with van der Waals surface area (Å²) in [6.45, 7) is 4.08. The van der Waals surface area contributed by atoms with Crippen molar-refractivity contribution < 1.29 is 4.79 Å². The Kier molecular flexibility index (Phi) is 3.44. The van der Waals surface area contributed by atoms with E-state index in [9.17, 15) is 9.59 Å². The van der Waals surface area contributed by atoms with Gasteiger partial charge in [0.1, 0.15) is 35.0 Å². The van der Waals surface area contributed by atoms with Crippen molar-refractivity contribution in [1.82, 2.24) is 19.9 Å². The summed E-state index contributed by atoms with van der Waals surface area (Å²) in [5.74, 6) is 1.82. The molecule has 1 fully saturated rings. The van der Waals surface area contributed by atoms with E-state index in [0.717, 1.165) is 12.0 Å². The summed E-state index contributed by atoms with van der Waals surface area (Å²) in [4.78, 5) is 34.1. The van der Waals surface area contributed by atoms with Crippen molar-refractivity contribution in [3.8, 4) is 0 Å². The number of rotatable bonds is 3. The molecule has 3 aliphatic rings. The Morgan fingerprint density at radius 2 is 2.11 bits per heavy atom. The van der Waals surface area contributed by atoms with Crippen LogP contribution in [-0.2, 0) is 5.66 Å². The highest BCUT2D eigenvalue weighted by molar-refractivity contribution is 5.97. The average Bonchev–Trinajstić information content (AvgIpc) is 3.10. The Morgan fingerprint density at radius 1 is 1.32 bits per heavy atom. The number of nitrogens with zero attached hydrogens (tertiary/aromatic N) is 3. The van der Waals surface area contributed by atoms with Crippen molar-refractivity contribution in [2.24, 2.45) is 11.8 Å². The maximum Gasteiger partial charge on any atom is 0.277 e. The summed E-state index contributed by atoms with van der Waals surface area (Å²) in [6, 6.07) is 3.25. The molecule has 3 atom stereocenters. The first kappa shape index (κ1) is 17.0. The summed E-state index contributed by atoms with van der Waals surface area (Å²) in [6.07, 6.45) is 6.25. The molecule has 3 unspecified atom stereocenters.